The van der Waals surface area contributed by atoms with Crippen molar-refractivity contribution in [3.8, 4) is 5.75 Å². The van der Waals surface area contributed by atoms with Crippen LogP contribution in [0.4, 0.5) is 0 Å². The summed E-state index contributed by atoms with van der Waals surface area (Å²) in [4.78, 5) is 0. The number of alkyl halides is 2. The van der Waals surface area contributed by atoms with Crippen LogP contribution in [0.5, 0.6) is 5.75 Å². The van der Waals surface area contributed by atoms with Crippen molar-refractivity contribution >= 4 is 31.9 Å². The molecule has 1 unspecified atom stereocenters. The number of halogens is 2. The van der Waals surface area contributed by atoms with Gasteiger partial charge in [0, 0.05) is 0 Å². The van der Waals surface area contributed by atoms with E-state index in [1.807, 2.05) is 30.3 Å². The zero-order valence-electron chi connectivity index (χ0n) is 6.86. The molecule has 0 bridgehead atoms. The number of rotatable bonds is 4. The standard InChI is InChI=1S/C9H10Br2O2/c10-9(11)8(12)6-13-7-4-2-1-3-5-7/h1-5,8-9,12H,6H2. The molecule has 1 atom stereocenters. The van der Waals surface area contributed by atoms with Gasteiger partial charge in [-0.05, 0) is 12.1 Å². The van der Waals surface area contributed by atoms with E-state index in [0.29, 0.717) is 0 Å². The Labute approximate surface area is 94.2 Å². The Morgan fingerprint density at radius 1 is 1.23 bits per heavy atom. The summed E-state index contributed by atoms with van der Waals surface area (Å²) in [5.41, 5.74) is 0. The average molecular weight is 310 g/mol. The third-order valence-corrected chi connectivity index (χ3v) is 2.68. The number of hydrogen-bond acceptors (Lipinski definition) is 2. The Hall–Kier alpha value is -0.0600. The molecule has 4 heteroatoms. The van der Waals surface area contributed by atoms with E-state index in [1.54, 1.807) is 0 Å². The van der Waals surface area contributed by atoms with Crippen LogP contribution < -0.4 is 4.74 Å². The maximum absolute atomic E-state index is 9.37. The third-order valence-electron chi connectivity index (χ3n) is 1.45. The van der Waals surface area contributed by atoms with Gasteiger partial charge < -0.3 is 9.84 Å². The largest absolute Gasteiger partial charge is 0.491 e. The second-order valence-electron chi connectivity index (χ2n) is 2.53. The Kier molecular flexibility index (Phi) is 4.77. The minimum Gasteiger partial charge on any atom is -0.491 e. The summed E-state index contributed by atoms with van der Waals surface area (Å²) >= 11 is 6.40. The SMILES string of the molecule is OC(COc1ccccc1)C(Br)Br. The van der Waals surface area contributed by atoms with Crippen LogP contribution in [-0.4, -0.2) is 21.6 Å². The summed E-state index contributed by atoms with van der Waals surface area (Å²) < 4.78 is 5.18. The van der Waals surface area contributed by atoms with E-state index in [4.69, 9.17) is 4.74 Å². The highest BCUT2D eigenvalue weighted by atomic mass is 79.9. The first-order valence-electron chi connectivity index (χ1n) is 3.84. The molecule has 1 aromatic rings. The van der Waals surface area contributed by atoms with Crippen LogP contribution in [-0.2, 0) is 0 Å². The van der Waals surface area contributed by atoms with Crippen LogP contribution in [0.15, 0.2) is 30.3 Å². The maximum atomic E-state index is 9.37. The fourth-order valence-electron chi connectivity index (χ4n) is 0.771. The number of para-hydroxylation sites is 1. The van der Waals surface area contributed by atoms with E-state index < -0.39 is 6.10 Å². The topological polar surface area (TPSA) is 29.5 Å². The average Bonchev–Trinajstić information content (AvgIpc) is 2.15. The van der Waals surface area contributed by atoms with Crippen LogP contribution in [0.1, 0.15) is 0 Å². The van der Waals surface area contributed by atoms with Crippen molar-refractivity contribution in [1.82, 2.24) is 0 Å². The molecule has 13 heavy (non-hydrogen) atoms. The summed E-state index contributed by atoms with van der Waals surface area (Å²) in [7, 11) is 0. The molecular formula is C9H10Br2O2. The minimum atomic E-state index is -0.555. The van der Waals surface area contributed by atoms with E-state index in [0.717, 1.165) is 5.75 Å². The fourth-order valence-corrected chi connectivity index (χ4v) is 1.08. The van der Waals surface area contributed by atoms with Gasteiger partial charge in [-0.3, -0.25) is 0 Å². The summed E-state index contributed by atoms with van der Waals surface area (Å²) in [5, 5.41) is 9.37. The molecule has 0 saturated carbocycles. The molecule has 1 N–H and O–H groups in total. The van der Waals surface area contributed by atoms with E-state index in [-0.39, 0.29) is 10.3 Å². The van der Waals surface area contributed by atoms with Crippen LogP contribution in [0.2, 0.25) is 0 Å². The zero-order chi connectivity index (χ0) is 9.68. The normalized spacial score (nSPS) is 12.9. The first kappa shape index (κ1) is 11.0. The van der Waals surface area contributed by atoms with E-state index in [9.17, 15) is 5.11 Å². The lowest BCUT2D eigenvalue weighted by atomic mass is 10.3. The quantitative estimate of drug-likeness (QED) is 0.866. The highest BCUT2D eigenvalue weighted by Gasteiger charge is 2.12. The molecule has 1 aromatic carbocycles. The number of aliphatic hydroxyl groups excluding tert-OH is 1. The Morgan fingerprint density at radius 3 is 2.38 bits per heavy atom. The first-order valence-corrected chi connectivity index (χ1v) is 5.67. The van der Waals surface area contributed by atoms with Gasteiger partial charge in [0.25, 0.3) is 0 Å². The van der Waals surface area contributed by atoms with Gasteiger partial charge >= 0.3 is 0 Å². The van der Waals surface area contributed by atoms with Crippen molar-refractivity contribution in [1.29, 1.82) is 0 Å². The number of ether oxygens (including phenoxy) is 1. The van der Waals surface area contributed by atoms with Gasteiger partial charge in [-0.2, -0.15) is 0 Å². The Morgan fingerprint density at radius 2 is 1.85 bits per heavy atom. The molecule has 0 amide bonds. The van der Waals surface area contributed by atoms with Crippen LogP contribution in [0.25, 0.3) is 0 Å². The van der Waals surface area contributed by atoms with Crippen LogP contribution in [0.3, 0.4) is 0 Å². The second-order valence-corrected chi connectivity index (χ2v) is 5.73. The molecular weight excluding hydrogens is 300 g/mol. The van der Waals surface area contributed by atoms with Crippen molar-refractivity contribution < 1.29 is 9.84 Å². The van der Waals surface area contributed by atoms with Crippen molar-refractivity contribution in [3.63, 3.8) is 0 Å². The van der Waals surface area contributed by atoms with Gasteiger partial charge in [-0.25, -0.2) is 0 Å². The Balaban J connectivity index is 2.35. The lowest BCUT2D eigenvalue weighted by molar-refractivity contribution is 0.123. The van der Waals surface area contributed by atoms with Crippen molar-refractivity contribution in [2.45, 2.75) is 9.84 Å². The predicted octanol–water partition coefficient (Wildman–Crippen LogP) is 2.54. The maximum Gasteiger partial charge on any atom is 0.119 e. The molecule has 2 nitrogen and oxygen atoms in total. The minimum absolute atomic E-state index is 0.135. The molecule has 0 radical (unpaired) electrons. The summed E-state index contributed by atoms with van der Waals surface area (Å²) in [5.74, 6) is 0.766. The molecule has 1 rings (SSSR count). The molecule has 0 aliphatic rings. The van der Waals surface area contributed by atoms with Gasteiger partial charge in [0.2, 0.25) is 0 Å². The van der Waals surface area contributed by atoms with E-state index in [1.165, 1.54) is 0 Å². The van der Waals surface area contributed by atoms with Crippen molar-refractivity contribution in [3.05, 3.63) is 30.3 Å². The van der Waals surface area contributed by atoms with Crippen LogP contribution >= 0.6 is 31.9 Å². The summed E-state index contributed by atoms with van der Waals surface area (Å²) in [6.07, 6.45) is -0.555. The molecule has 0 spiro atoms. The number of hydrogen-bond donors (Lipinski definition) is 1. The lowest BCUT2D eigenvalue weighted by Gasteiger charge is -2.12. The molecule has 0 heterocycles. The van der Waals surface area contributed by atoms with Gasteiger partial charge in [0.05, 0.1) is 3.74 Å². The van der Waals surface area contributed by atoms with Gasteiger partial charge in [-0.15, -0.1) is 0 Å². The van der Waals surface area contributed by atoms with E-state index in [2.05, 4.69) is 31.9 Å². The Bertz CT molecular complexity index is 239. The predicted molar refractivity (Wildman–Crippen MR) is 59.6 cm³/mol. The van der Waals surface area contributed by atoms with Crippen molar-refractivity contribution in [2.75, 3.05) is 6.61 Å². The van der Waals surface area contributed by atoms with Crippen molar-refractivity contribution in [2.24, 2.45) is 0 Å². The second kappa shape index (κ2) is 5.62. The number of benzene rings is 1. The smallest absolute Gasteiger partial charge is 0.119 e. The molecule has 0 aliphatic carbocycles. The van der Waals surface area contributed by atoms with E-state index >= 15 is 0 Å². The summed E-state index contributed by atoms with van der Waals surface area (Å²) in [6.45, 7) is 0.269. The lowest BCUT2D eigenvalue weighted by Crippen LogP contribution is -2.23. The summed E-state index contributed by atoms with van der Waals surface area (Å²) in [6, 6.07) is 9.40. The molecule has 0 fully saturated rings. The molecule has 0 aromatic heterocycles. The molecule has 72 valence electrons. The fraction of sp³-hybridized carbons (Fsp3) is 0.333. The third kappa shape index (κ3) is 4.11. The zero-order valence-corrected chi connectivity index (χ0v) is 10.0. The number of aliphatic hydroxyl groups is 1. The molecule has 0 aliphatic heterocycles. The van der Waals surface area contributed by atoms with Crippen LogP contribution in [0, 0.1) is 0 Å². The molecule has 0 saturated heterocycles. The monoisotopic (exact) mass is 308 g/mol. The van der Waals surface area contributed by atoms with Gasteiger partial charge in [0.15, 0.2) is 0 Å². The first-order chi connectivity index (χ1) is 6.20. The van der Waals surface area contributed by atoms with Gasteiger partial charge in [-0.1, -0.05) is 50.1 Å². The van der Waals surface area contributed by atoms with Gasteiger partial charge in [0.1, 0.15) is 18.5 Å². The highest BCUT2D eigenvalue weighted by molar-refractivity contribution is 9.24. The highest BCUT2D eigenvalue weighted by Crippen LogP contribution is 2.15.